The van der Waals surface area contributed by atoms with E-state index in [1.165, 1.54) is 12.1 Å². The van der Waals surface area contributed by atoms with Gasteiger partial charge in [-0.15, -0.1) is 0 Å². The quantitative estimate of drug-likeness (QED) is 0.511. The molecule has 1 aromatic rings. The van der Waals surface area contributed by atoms with Gasteiger partial charge in [-0.05, 0) is 36.1 Å². The number of nitrogens with one attached hydrogen (secondary N) is 1. The molecule has 18 heavy (non-hydrogen) atoms. The van der Waals surface area contributed by atoms with E-state index in [0.717, 1.165) is 12.8 Å². The predicted molar refractivity (Wildman–Crippen MR) is 67.6 cm³/mol. The summed E-state index contributed by atoms with van der Waals surface area (Å²) < 4.78 is 26.6. The number of azide groups is 1. The zero-order valence-electron chi connectivity index (χ0n) is 9.38. The van der Waals surface area contributed by atoms with Gasteiger partial charge >= 0.3 is 0 Å². The number of halogens is 1. The van der Waals surface area contributed by atoms with Gasteiger partial charge in [0, 0.05) is 11.0 Å². The summed E-state index contributed by atoms with van der Waals surface area (Å²) >= 11 is 5.90. The summed E-state index contributed by atoms with van der Waals surface area (Å²) in [5.74, 6) is 0. The summed E-state index contributed by atoms with van der Waals surface area (Å²) in [7, 11) is -3.59. The van der Waals surface area contributed by atoms with Crippen molar-refractivity contribution in [2.24, 2.45) is 5.11 Å². The van der Waals surface area contributed by atoms with Crippen LogP contribution < -0.4 is 4.72 Å². The summed E-state index contributed by atoms with van der Waals surface area (Å²) in [6, 6.07) is 4.58. The molecule has 1 aromatic carbocycles. The second kappa shape index (κ2) is 5.16. The van der Waals surface area contributed by atoms with Gasteiger partial charge in [0.15, 0.2) is 0 Å². The van der Waals surface area contributed by atoms with E-state index in [4.69, 9.17) is 17.1 Å². The fraction of sp³-hybridized carbons (Fsp3) is 0.400. The van der Waals surface area contributed by atoms with Crippen LogP contribution in [0.3, 0.4) is 0 Å². The average Bonchev–Trinajstić information content (AvgIpc) is 3.11. The van der Waals surface area contributed by atoms with E-state index in [9.17, 15) is 8.42 Å². The fourth-order valence-corrected chi connectivity index (χ4v) is 3.30. The minimum atomic E-state index is -3.59. The molecular formula is C10H11ClN4O2S. The van der Waals surface area contributed by atoms with E-state index in [-0.39, 0.29) is 22.5 Å². The number of nitrogens with zero attached hydrogens (tertiary/aromatic N) is 3. The number of rotatable bonds is 5. The third-order valence-corrected chi connectivity index (χ3v) is 4.50. The van der Waals surface area contributed by atoms with Gasteiger partial charge in [-0.3, -0.25) is 0 Å². The molecular weight excluding hydrogens is 276 g/mol. The van der Waals surface area contributed by atoms with E-state index in [1.54, 1.807) is 6.07 Å². The molecule has 96 valence electrons. The molecule has 0 spiro atoms. The zero-order valence-corrected chi connectivity index (χ0v) is 10.9. The minimum Gasteiger partial charge on any atom is -0.208 e. The Balaban J connectivity index is 2.32. The monoisotopic (exact) mass is 286 g/mol. The third-order valence-electron chi connectivity index (χ3n) is 2.50. The first-order chi connectivity index (χ1) is 8.53. The van der Waals surface area contributed by atoms with E-state index in [0.29, 0.717) is 5.56 Å². The SMILES string of the molecule is [N-]=[N+]=NCc1ccc(Cl)c(S(=O)(=O)NC2CC2)c1. The molecule has 0 atom stereocenters. The zero-order chi connectivity index (χ0) is 13.2. The smallest absolute Gasteiger partial charge is 0.208 e. The summed E-state index contributed by atoms with van der Waals surface area (Å²) in [4.78, 5) is 2.66. The van der Waals surface area contributed by atoms with Crippen LogP contribution in [0.4, 0.5) is 0 Å². The lowest BCUT2D eigenvalue weighted by Gasteiger charge is -2.08. The largest absolute Gasteiger partial charge is 0.242 e. The van der Waals surface area contributed by atoms with Crippen molar-refractivity contribution in [1.82, 2.24) is 4.72 Å². The molecule has 0 saturated heterocycles. The lowest BCUT2D eigenvalue weighted by atomic mass is 10.2. The first-order valence-electron chi connectivity index (χ1n) is 5.34. The summed E-state index contributed by atoms with van der Waals surface area (Å²) in [5, 5.41) is 3.55. The third kappa shape index (κ3) is 3.14. The normalized spacial score (nSPS) is 15.2. The number of hydrogen-bond acceptors (Lipinski definition) is 3. The first kappa shape index (κ1) is 13.2. The fourth-order valence-electron chi connectivity index (χ4n) is 1.45. The molecule has 2 rings (SSSR count). The maximum absolute atomic E-state index is 12.0. The van der Waals surface area contributed by atoms with Crippen molar-refractivity contribution in [3.05, 3.63) is 39.2 Å². The van der Waals surface area contributed by atoms with Crippen LogP contribution in [-0.2, 0) is 16.6 Å². The van der Waals surface area contributed by atoms with E-state index < -0.39 is 10.0 Å². The Bertz CT molecular complexity index is 606. The minimum absolute atomic E-state index is 0.0202. The predicted octanol–water partition coefficient (Wildman–Crippen LogP) is 2.59. The van der Waals surface area contributed by atoms with E-state index >= 15 is 0 Å². The highest BCUT2D eigenvalue weighted by molar-refractivity contribution is 7.89. The molecule has 0 aliphatic heterocycles. The molecule has 8 heteroatoms. The molecule has 1 saturated carbocycles. The Morgan fingerprint density at radius 2 is 2.22 bits per heavy atom. The van der Waals surface area contributed by atoms with Crippen LogP contribution in [0.2, 0.25) is 5.02 Å². The van der Waals surface area contributed by atoms with Crippen molar-refractivity contribution in [1.29, 1.82) is 0 Å². The highest BCUT2D eigenvalue weighted by Gasteiger charge is 2.29. The molecule has 6 nitrogen and oxygen atoms in total. The van der Waals surface area contributed by atoms with Gasteiger partial charge in [0.2, 0.25) is 10.0 Å². The van der Waals surface area contributed by atoms with Crippen LogP contribution in [0.1, 0.15) is 18.4 Å². The van der Waals surface area contributed by atoms with Gasteiger partial charge in [0.1, 0.15) is 4.90 Å². The van der Waals surface area contributed by atoms with E-state index in [2.05, 4.69) is 14.7 Å². The maximum atomic E-state index is 12.0. The lowest BCUT2D eigenvalue weighted by molar-refractivity contribution is 0.581. The highest BCUT2D eigenvalue weighted by atomic mass is 35.5. The Morgan fingerprint density at radius 1 is 1.50 bits per heavy atom. The molecule has 1 N–H and O–H groups in total. The maximum Gasteiger partial charge on any atom is 0.242 e. The van der Waals surface area contributed by atoms with Crippen molar-refractivity contribution in [2.45, 2.75) is 30.3 Å². The second-order valence-corrected chi connectivity index (χ2v) is 6.14. The summed E-state index contributed by atoms with van der Waals surface area (Å²) in [6.07, 6.45) is 1.71. The highest BCUT2D eigenvalue weighted by Crippen LogP contribution is 2.27. The molecule has 1 aliphatic carbocycles. The van der Waals surface area contributed by atoms with Gasteiger partial charge < -0.3 is 0 Å². The Labute approximate surface area is 110 Å². The molecule has 1 aliphatic rings. The number of sulfonamides is 1. The molecule has 1 fully saturated rings. The van der Waals surface area contributed by atoms with Gasteiger partial charge in [-0.1, -0.05) is 22.8 Å². The molecule has 0 heterocycles. The Kier molecular flexibility index (Phi) is 3.77. The molecule has 0 aromatic heterocycles. The standard InChI is InChI=1S/C10H11ClN4O2S/c11-9-4-1-7(6-13-15-12)5-10(9)18(16,17)14-8-2-3-8/h1,4-5,8,14H,2-3,6H2. The van der Waals surface area contributed by atoms with Crippen molar-refractivity contribution < 1.29 is 8.42 Å². The topological polar surface area (TPSA) is 94.9 Å². The van der Waals surface area contributed by atoms with Crippen LogP contribution in [0.25, 0.3) is 10.4 Å². The molecule has 0 unspecified atom stereocenters. The van der Waals surface area contributed by atoms with Gasteiger partial charge in [-0.25, -0.2) is 13.1 Å². The molecule has 0 bridgehead atoms. The number of benzene rings is 1. The van der Waals surface area contributed by atoms with Gasteiger partial charge in [0.05, 0.1) is 11.6 Å². The van der Waals surface area contributed by atoms with Gasteiger partial charge in [0.25, 0.3) is 0 Å². The van der Waals surface area contributed by atoms with Crippen LogP contribution in [0.5, 0.6) is 0 Å². The summed E-state index contributed by atoms with van der Waals surface area (Å²) in [6.45, 7) is 0.0968. The molecule has 0 radical (unpaired) electrons. The lowest BCUT2D eigenvalue weighted by Crippen LogP contribution is -2.26. The second-order valence-electron chi connectivity index (χ2n) is 4.05. The van der Waals surface area contributed by atoms with Crippen LogP contribution >= 0.6 is 11.6 Å². The van der Waals surface area contributed by atoms with Crippen molar-refractivity contribution in [2.75, 3.05) is 0 Å². The molecule has 0 amide bonds. The van der Waals surface area contributed by atoms with Crippen molar-refractivity contribution in [3.63, 3.8) is 0 Å². The van der Waals surface area contributed by atoms with Crippen LogP contribution in [0, 0.1) is 0 Å². The van der Waals surface area contributed by atoms with Crippen molar-refractivity contribution >= 4 is 21.6 Å². The number of hydrogen-bond donors (Lipinski definition) is 1. The van der Waals surface area contributed by atoms with Crippen molar-refractivity contribution in [3.8, 4) is 0 Å². The van der Waals surface area contributed by atoms with Gasteiger partial charge in [-0.2, -0.15) is 0 Å². The first-order valence-corrected chi connectivity index (χ1v) is 7.20. The van der Waals surface area contributed by atoms with E-state index in [1.807, 2.05) is 0 Å². The summed E-state index contributed by atoms with van der Waals surface area (Å²) in [5.41, 5.74) is 8.85. The van der Waals surface area contributed by atoms with Crippen LogP contribution in [0.15, 0.2) is 28.2 Å². The Hall–Kier alpha value is -1.27. The average molecular weight is 287 g/mol. The Morgan fingerprint density at radius 3 is 2.83 bits per heavy atom. The van der Waals surface area contributed by atoms with Crippen LogP contribution in [-0.4, -0.2) is 14.5 Å².